The van der Waals surface area contributed by atoms with Gasteiger partial charge in [0, 0.05) is 23.3 Å². The normalized spacial score (nSPS) is 15.0. The predicted molar refractivity (Wildman–Crippen MR) is 124 cm³/mol. The number of carbonyl (C=O) groups is 1. The highest BCUT2D eigenvalue weighted by Gasteiger charge is 2.18. The lowest BCUT2D eigenvalue weighted by atomic mass is 9.94. The SMILES string of the molecule is C/C(=C\c1cc(C)c(-c2ccc(NC(C)C)cc2)cc1C)C(=O)NC1CCCC1. The molecule has 1 fully saturated rings. The van der Waals surface area contributed by atoms with Gasteiger partial charge < -0.3 is 10.6 Å². The zero-order chi connectivity index (χ0) is 21.0. The Labute approximate surface area is 175 Å². The third-order valence-electron chi connectivity index (χ3n) is 5.68. The Morgan fingerprint density at radius 2 is 1.69 bits per heavy atom. The first-order valence-corrected chi connectivity index (χ1v) is 10.8. The highest BCUT2D eigenvalue weighted by molar-refractivity contribution is 5.97. The van der Waals surface area contributed by atoms with Gasteiger partial charge in [-0.25, -0.2) is 0 Å². The van der Waals surface area contributed by atoms with Crippen LogP contribution in [0.3, 0.4) is 0 Å². The molecule has 0 spiro atoms. The number of nitrogens with one attached hydrogen (secondary N) is 2. The van der Waals surface area contributed by atoms with E-state index in [-0.39, 0.29) is 5.91 Å². The Hall–Kier alpha value is -2.55. The number of aryl methyl sites for hydroxylation is 2. The molecule has 3 nitrogen and oxygen atoms in total. The van der Waals surface area contributed by atoms with E-state index in [2.05, 4.69) is 74.7 Å². The first-order valence-electron chi connectivity index (χ1n) is 10.8. The number of benzene rings is 2. The summed E-state index contributed by atoms with van der Waals surface area (Å²) >= 11 is 0. The first kappa shape index (κ1) is 21.2. The summed E-state index contributed by atoms with van der Waals surface area (Å²) in [5.74, 6) is 0.0614. The summed E-state index contributed by atoms with van der Waals surface area (Å²) in [4.78, 5) is 12.5. The van der Waals surface area contributed by atoms with Crippen LogP contribution in [0.15, 0.2) is 42.0 Å². The van der Waals surface area contributed by atoms with Crippen molar-refractivity contribution in [1.82, 2.24) is 5.32 Å². The number of hydrogen-bond donors (Lipinski definition) is 2. The van der Waals surface area contributed by atoms with Gasteiger partial charge in [-0.1, -0.05) is 37.1 Å². The Morgan fingerprint density at radius 3 is 2.31 bits per heavy atom. The standard InChI is InChI=1S/C26H34N2O/c1-17(2)27-24-12-10-21(11-13-24)25-16-18(3)22(14-19(25)4)15-20(5)26(29)28-23-8-6-7-9-23/h10-17,23,27H,6-9H2,1-5H3,(H,28,29)/b20-15+. The second kappa shape index (κ2) is 9.30. The van der Waals surface area contributed by atoms with Crippen LogP contribution in [0, 0.1) is 13.8 Å². The third-order valence-corrected chi connectivity index (χ3v) is 5.68. The van der Waals surface area contributed by atoms with Crippen molar-refractivity contribution in [2.75, 3.05) is 5.32 Å². The van der Waals surface area contributed by atoms with Gasteiger partial charge in [-0.2, -0.15) is 0 Å². The molecule has 0 aromatic heterocycles. The van der Waals surface area contributed by atoms with Crippen molar-refractivity contribution in [3.8, 4) is 11.1 Å². The molecule has 2 N–H and O–H groups in total. The fourth-order valence-electron chi connectivity index (χ4n) is 4.05. The quantitative estimate of drug-likeness (QED) is 0.572. The molecule has 0 radical (unpaired) electrons. The van der Waals surface area contributed by atoms with E-state index in [0.717, 1.165) is 29.7 Å². The van der Waals surface area contributed by atoms with Gasteiger partial charge in [-0.15, -0.1) is 0 Å². The van der Waals surface area contributed by atoms with Gasteiger partial charge in [-0.3, -0.25) is 4.79 Å². The van der Waals surface area contributed by atoms with Crippen LogP contribution in [0.4, 0.5) is 5.69 Å². The summed E-state index contributed by atoms with van der Waals surface area (Å²) in [7, 11) is 0. The van der Waals surface area contributed by atoms with E-state index < -0.39 is 0 Å². The van der Waals surface area contributed by atoms with Crippen LogP contribution in [-0.2, 0) is 4.79 Å². The maximum absolute atomic E-state index is 12.5. The van der Waals surface area contributed by atoms with Crippen molar-refractivity contribution < 1.29 is 4.79 Å². The molecule has 0 atom stereocenters. The van der Waals surface area contributed by atoms with E-state index in [1.54, 1.807) is 0 Å². The smallest absolute Gasteiger partial charge is 0.247 e. The number of anilines is 1. The summed E-state index contributed by atoms with van der Waals surface area (Å²) in [6, 6.07) is 13.8. The molecule has 3 rings (SSSR count). The molecule has 1 amide bonds. The van der Waals surface area contributed by atoms with E-state index in [1.807, 2.05) is 13.0 Å². The van der Waals surface area contributed by atoms with E-state index in [0.29, 0.717) is 12.1 Å². The monoisotopic (exact) mass is 390 g/mol. The first-order chi connectivity index (χ1) is 13.8. The van der Waals surface area contributed by atoms with Crippen molar-refractivity contribution >= 4 is 17.7 Å². The third kappa shape index (κ3) is 5.50. The molecular weight excluding hydrogens is 356 g/mol. The average molecular weight is 391 g/mol. The Morgan fingerprint density at radius 1 is 1.03 bits per heavy atom. The molecule has 0 bridgehead atoms. The molecule has 29 heavy (non-hydrogen) atoms. The van der Waals surface area contributed by atoms with Crippen molar-refractivity contribution in [3.63, 3.8) is 0 Å². The molecule has 3 heteroatoms. The molecule has 0 saturated heterocycles. The van der Waals surface area contributed by atoms with Gasteiger partial charge in [0.25, 0.3) is 0 Å². The highest BCUT2D eigenvalue weighted by atomic mass is 16.1. The molecule has 2 aromatic carbocycles. The maximum Gasteiger partial charge on any atom is 0.247 e. The maximum atomic E-state index is 12.5. The summed E-state index contributed by atoms with van der Waals surface area (Å²) in [6.45, 7) is 10.5. The van der Waals surface area contributed by atoms with Gasteiger partial charge in [0.2, 0.25) is 5.91 Å². The van der Waals surface area contributed by atoms with E-state index >= 15 is 0 Å². The number of rotatable bonds is 6. The Bertz CT molecular complexity index is 888. The van der Waals surface area contributed by atoms with Crippen LogP contribution in [0.1, 0.15) is 63.1 Å². The lowest BCUT2D eigenvalue weighted by Gasteiger charge is -2.14. The summed E-state index contributed by atoms with van der Waals surface area (Å²) in [6.07, 6.45) is 6.69. The van der Waals surface area contributed by atoms with Crippen molar-refractivity contribution in [1.29, 1.82) is 0 Å². The van der Waals surface area contributed by atoms with Crippen molar-refractivity contribution in [2.24, 2.45) is 0 Å². The molecule has 1 saturated carbocycles. The van der Waals surface area contributed by atoms with Crippen LogP contribution >= 0.6 is 0 Å². The van der Waals surface area contributed by atoms with Crippen LogP contribution < -0.4 is 10.6 Å². The van der Waals surface area contributed by atoms with Gasteiger partial charge in [-0.05, 0) is 93.5 Å². The molecule has 2 aromatic rings. The Kier molecular flexibility index (Phi) is 6.79. The largest absolute Gasteiger partial charge is 0.383 e. The number of carbonyl (C=O) groups excluding carboxylic acids is 1. The van der Waals surface area contributed by atoms with Gasteiger partial charge in [0.15, 0.2) is 0 Å². The molecule has 1 aliphatic carbocycles. The summed E-state index contributed by atoms with van der Waals surface area (Å²) < 4.78 is 0. The lowest BCUT2D eigenvalue weighted by Crippen LogP contribution is -2.33. The minimum absolute atomic E-state index is 0.0614. The second-order valence-corrected chi connectivity index (χ2v) is 8.68. The van der Waals surface area contributed by atoms with Crippen molar-refractivity contribution in [3.05, 3.63) is 58.7 Å². The Balaban J connectivity index is 1.78. The topological polar surface area (TPSA) is 41.1 Å². The zero-order valence-corrected chi connectivity index (χ0v) is 18.4. The molecular formula is C26H34N2O. The van der Waals surface area contributed by atoms with Crippen LogP contribution in [0.25, 0.3) is 17.2 Å². The number of amides is 1. The zero-order valence-electron chi connectivity index (χ0n) is 18.4. The van der Waals surface area contributed by atoms with E-state index in [1.165, 1.54) is 35.1 Å². The van der Waals surface area contributed by atoms with Gasteiger partial charge in [0.1, 0.15) is 0 Å². The molecule has 0 unspecified atom stereocenters. The fraction of sp³-hybridized carbons (Fsp3) is 0.423. The molecule has 1 aliphatic rings. The van der Waals surface area contributed by atoms with E-state index in [9.17, 15) is 4.79 Å². The molecule has 0 aliphatic heterocycles. The molecule has 0 heterocycles. The van der Waals surface area contributed by atoms with Crippen LogP contribution in [0.2, 0.25) is 0 Å². The fourth-order valence-corrected chi connectivity index (χ4v) is 4.05. The minimum atomic E-state index is 0.0614. The minimum Gasteiger partial charge on any atom is -0.383 e. The molecule has 154 valence electrons. The van der Waals surface area contributed by atoms with Crippen LogP contribution in [0.5, 0.6) is 0 Å². The predicted octanol–water partition coefficient (Wildman–Crippen LogP) is 6.25. The highest BCUT2D eigenvalue weighted by Crippen LogP contribution is 2.29. The van der Waals surface area contributed by atoms with Crippen LogP contribution in [-0.4, -0.2) is 18.0 Å². The van der Waals surface area contributed by atoms with E-state index in [4.69, 9.17) is 0 Å². The van der Waals surface area contributed by atoms with Gasteiger partial charge >= 0.3 is 0 Å². The second-order valence-electron chi connectivity index (χ2n) is 8.68. The van der Waals surface area contributed by atoms with Crippen molar-refractivity contribution in [2.45, 2.75) is 72.4 Å². The lowest BCUT2D eigenvalue weighted by molar-refractivity contribution is -0.118. The number of hydrogen-bond acceptors (Lipinski definition) is 2. The average Bonchev–Trinajstić information content (AvgIpc) is 3.17. The summed E-state index contributed by atoms with van der Waals surface area (Å²) in [5.41, 5.74) is 7.88. The summed E-state index contributed by atoms with van der Waals surface area (Å²) in [5, 5.41) is 6.61. The van der Waals surface area contributed by atoms with Gasteiger partial charge in [0.05, 0.1) is 0 Å².